The number of ether oxygens (including phenoxy) is 2. The van der Waals surface area contributed by atoms with Crippen LogP contribution >= 0.6 is 23.5 Å². The van der Waals surface area contributed by atoms with Gasteiger partial charge in [-0.15, -0.1) is 23.5 Å². The summed E-state index contributed by atoms with van der Waals surface area (Å²) in [6.07, 6.45) is 9.28. The Morgan fingerprint density at radius 3 is 2.56 bits per heavy atom. The zero-order valence-electron chi connectivity index (χ0n) is 22.2. The molecule has 1 aliphatic rings. The first kappa shape index (κ1) is 28.5. The summed E-state index contributed by atoms with van der Waals surface area (Å²) in [6, 6.07) is 11.0. The van der Waals surface area contributed by atoms with E-state index < -0.39 is 11.6 Å². The number of benzene rings is 2. The lowest BCUT2D eigenvalue weighted by molar-refractivity contribution is -0.148. The molecule has 2 aromatic carbocycles. The van der Waals surface area contributed by atoms with Crippen molar-refractivity contribution < 1.29 is 18.7 Å². The van der Waals surface area contributed by atoms with E-state index >= 15 is 0 Å². The third-order valence-corrected chi connectivity index (χ3v) is 8.47. The molecule has 36 heavy (non-hydrogen) atoms. The van der Waals surface area contributed by atoms with Crippen LogP contribution in [0, 0.1) is 11.2 Å². The number of fused-ring (bicyclic) bond motifs is 1. The van der Waals surface area contributed by atoms with Gasteiger partial charge in [0, 0.05) is 22.9 Å². The van der Waals surface area contributed by atoms with E-state index in [1.807, 2.05) is 50.9 Å². The fourth-order valence-corrected chi connectivity index (χ4v) is 6.20. The number of nitrogens with zero attached hydrogens (tertiary/aromatic N) is 1. The van der Waals surface area contributed by atoms with Crippen molar-refractivity contribution >= 4 is 40.9 Å². The van der Waals surface area contributed by atoms with Crippen LogP contribution in [0.5, 0.6) is 5.75 Å². The van der Waals surface area contributed by atoms with Gasteiger partial charge in [-0.25, -0.2) is 9.18 Å². The Morgan fingerprint density at radius 2 is 1.94 bits per heavy atom. The van der Waals surface area contributed by atoms with Crippen LogP contribution in [0.1, 0.15) is 60.3 Å². The number of thioether (sulfide) groups is 2. The highest BCUT2D eigenvalue weighted by Crippen LogP contribution is 2.49. The first-order valence-electron chi connectivity index (χ1n) is 12.5. The van der Waals surface area contributed by atoms with Crippen LogP contribution in [0.2, 0.25) is 0 Å². The monoisotopic (exact) mass is 531 g/mol. The van der Waals surface area contributed by atoms with E-state index in [0.717, 1.165) is 52.7 Å². The summed E-state index contributed by atoms with van der Waals surface area (Å²) < 4.78 is 25.0. The molecule has 0 saturated heterocycles. The standard InChI is InChI=1S/C29H38FNO3S2/c1-7-9-15-29(8-2)19-31(22-12-10-21(30)11-13-22)23-17-26(35-6)24(18-25(23)36-20-29)33-16-14-27(32)34-28(3,4)5/h10-14,16-18H,7-9,15,19-20H2,1-6H3/b16-14+. The minimum atomic E-state index is -0.556. The second-order valence-electron chi connectivity index (χ2n) is 10.2. The minimum Gasteiger partial charge on any atom is -0.464 e. The van der Waals surface area contributed by atoms with Crippen molar-refractivity contribution in [2.45, 2.75) is 75.7 Å². The van der Waals surface area contributed by atoms with Gasteiger partial charge in [0.1, 0.15) is 17.2 Å². The van der Waals surface area contributed by atoms with Gasteiger partial charge in [0.15, 0.2) is 0 Å². The first-order chi connectivity index (χ1) is 17.1. The number of esters is 1. The van der Waals surface area contributed by atoms with Crippen molar-refractivity contribution in [2.75, 3.05) is 23.5 Å². The number of halogens is 1. The third kappa shape index (κ3) is 7.45. The van der Waals surface area contributed by atoms with Gasteiger partial charge >= 0.3 is 5.97 Å². The fraction of sp³-hybridized carbons (Fsp3) is 0.483. The Balaban J connectivity index is 1.99. The summed E-state index contributed by atoms with van der Waals surface area (Å²) in [5.74, 6) is 1.02. The van der Waals surface area contributed by atoms with Crippen molar-refractivity contribution in [2.24, 2.45) is 5.41 Å². The predicted molar refractivity (Wildman–Crippen MR) is 150 cm³/mol. The van der Waals surface area contributed by atoms with Crippen molar-refractivity contribution in [1.29, 1.82) is 0 Å². The van der Waals surface area contributed by atoms with Crippen molar-refractivity contribution in [3.8, 4) is 5.75 Å². The topological polar surface area (TPSA) is 38.8 Å². The Kier molecular flexibility index (Phi) is 9.81. The van der Waals surface area contributed by atoms with Gasteiger partial charge in [-0.3, -0.25) is 0 Å². The van der Waals surface area contributed by atoms with E-state index in [4.69, 9.17) is 9.47 Å². The van der Waals surface area contributed by atoms with Crippen LogP contribution in [0.4, 0.5) is 15.8 Å². The highest BCUT2D eigenvalue weighted by atomic mass is 32.2. The van der Waals surface area contributed by atoms with Gasteiger partial charge in [0.05, 0.1) is 22.9 Å². The molecule has 3 rings (SSSR count). The molecule has 0 aromatic heterocycles. The number of hydrogen-bond donors (Lipinski definition) is 0. The Labute approximate surface area is 224 Å². The molecule has 2 aromatic rings. The fourth-order valence-electron chi connectivity index (χ4n) is 4.25. The molecule has 7 heteroatoms. The summed E-state index contributed by atoms with van der Waals surface area (Å²) in [7, 11) is 0. The molecule has 1 atom stereocenters. The summed E-state index contributed by atoms with van der Waals surface area (Å²) in [4.78, 5) is 16.5. The maximum absolute atomic E-state index is 13.8. The molecule has 0 amide bonds. The molecular weight excluding hydrogens is 493 g/mol. The summed E-state index contributed by atoms with van der Waals surface area (Å²) in [5.41, 5.74) is 1.68. The molecule has 0 aliphatic carbocycles. The highest BCUT2D eigenvalue weighted by Gasteiger charge is 2.35. The lowest BCUT2D eigenvalue weighted by Gasteiger charge is -2.37. The van der Waals surface area contributed by atoms with Crippen LogP contribution < -0.4 is 9.64 Å². The molecule has 1 unspecified atom stereocenters. The molecule has 0 bridgehead atoms. The van der Waals surface area contributed by atoms with Gasteiger partial charge in [-0.05, 0) is 81.7 Å². The largest absolute Gasteiger partial charge is 0.464 e. The van der Waals surface area contributed by atoms with Crippen LogP contribution in [-0.4, -0.2) is 30.1 Å². The van der Waals surface area contributed by atoms with Gasteiger partial charge in [0.25, 0.3) is 0 Å². The predicted octanol–water partition coefficient (Wildman–Crippen LogP) is 8.61. The maximum atomic E-state index is 13.8. The van der Waals surface area contributed by atoms with E-state index in [1.165, 1.54) is 30.9 Å². The van der Waals surface area contributed by atoms with E-state index in [-0.39, 0.29) is 11.2 Å². The highest BCUT2D eigenvalue weighted by molar-refractivity contribution is 7.99. The summed E-state index contributed by atoms with van der Waals surface area (Å²) in [5, 5.41) is 0. The Hall–Kier alpha value is -2.12. The van der Waals surface area contributed by atoms with E-state index in [1.54, 1.807) is 11.8 Å². The number of anilines is 2. The van der Waals surface area contributed by atoms with Gasteiger partial charge in [-0.1, -0.05) is 26.7 Å². The van der Waals surface area contributed by atoms with Crippen molar-refractivity contribution in [3.63, 3.8) is 0 Å². The van der Waals surface area contributed by atoms with Crippen molar-refractivity contribution in [3.05, 3.63) is 54.6 Å². The van der Waals surface area contributed by atoms with E-state index in [2.05, 4.69) is 30.9 Å². The van der Waals surface area contributed by atoms with Gasteiger partial charge in [-0.2, -0.15) is 0 Å². The number of carbonyl (C=O) groups excluding carboxylic acids is 1. The van der Waals surface area contributed by atoms with E-state index in [0.29, 0.717) is 5.75 Å². The molecule has 1 heterocycles. The quantitative estimate of drug-likeness (QED) is 0.140. The minimum absolute atomic E-state index is 0.144. The van der Waals surface area contributed by atoms with Crippen molar-refractivity contribution in [1.82, 2.24) is 0 Å². The molecule has 0 saturated carbocycles. The summed E-state index contributed by atoms with van der Waals surface area (Å²) >= 11 is 3.45. The second-order valence-corrected chi connectivity index (χ2v) is 12.1. The molecule has 0 spiro atoms. The number of carbonyl (C=O) groups is 1. The lowest BCUT2D eigenvalue weighted by Crippen LogP contribution is -2.36. The molecule has 0 fully saturated rings. The smallest absolute Gasteiger partial charge is 0.334 e. The molecule has 196 valence electrons. The summed E-state index contributed by atoms with van der Waals surface area (Å²) in [6.45, 7) is 10.9. The van der Waals surface area contributed by atoms with Crippen LogP contribution in [0.25, 0.3) is 0 Å². The molecule has 0 radical (unpaired) electrons. The molecule has 0 N–H and O–H groups in total. The van der Waals surface area contributed by atoms with E-state index in [9.17, 15) is 9.18 Å². The molecular formula is C29H38FNO3S2. The third-order valence-electron chi connectivity index (χ3n) is 6.32. The average Bonchev–Trinajstić information content (AvgIpc) is 2.99. The normalized spacial score (nSPS) is 18.1. The van der Waals surface area contributed by atoms with Gasteiger partial charge < -0.3 is 14.4 Å². The number of unbranched alkanes of at least 4 members (excludes halogenated alkanes) is 1. The molecule has 1 aliphatic heterocycles. The van der Waals surface area contributed by atoms with Crippen LogP contribution in [-0.2, 0) is 9.53 Å². The Bertz CT molecular complexity index is 1070. The average molecular weight is 532 g/mol. The van der Waals surface area contributed by atoms with Crippen LogP contribution in [0.3, 0.4) is 0 Å². The number of hydrogen-bond acceptors (Lipinski definition) is 6. The van der Waals surface area contributed by atoms with Crippen LogP contribution in [0.15, 0.2) is 58.5 Å². The lowest BCUT2D eigenvalue weighted by atomic mass is 9.81. The van der Waals surface area contributed by atoms with Gasteiger partial charge in [0.2, 0.25) is 0 Å². The molecule has 4 nitrogen and oxygen atoms in total. The SMILES string of the molecule is CCCCC1(CC)CSc2cc(O/C=C/C(=O)OC(C)(C)C)c(SC)cc2N(c2ccc(F)cc2)C1. The zero-order chi connectivity index (χ0) is 26.3. The maximum Gasteiger partial charge on any atom is 0.334 e. The second kappa shape index (κ2) is 12.4. The Morgan fingerprint density at radius 1 is 1.22 bits per heavy atom. The first-order valence-corrected chi connectivity index (χ1v) is 14.7. The number of rotatable bonds is 9. The zero-order valence-corrected chi connectivity index (χ0v) is 23.9.